The molecule has 0 unspecified atom stereocenters. The average Bonchev–Trinajstić information content (AvgIpc) is 2.21. The van der Waals surface area contributed by atoms with Gasteiger partial charge in [0.2, 0.25) is 0 Å². The van der Waals surface area contributed by atoms with Crippen LogP contribution < -0.4 is 5.73 Å². The molecule has 0 atom stereocenters. The highest BCUT2D eigenvalue weighted by molar-refractivity contribution is 5.82. The highest BCUT2D eigenvalue weighted by Crippen LogP contribution is 2.06. The average molecular weight is 223 g/mol. The predicted molar refractivity (Wildman–Crippen MR) is 59.0 cm³/mol. The smallest absolute Gasteiger partial charge is 0.332 e. The number of halogens is 1. The van der Waals surface area contributed by atoms with E-state index in [9.17, 15) is 9.18 Å². The number of ether oxygens (including phenoxy) is 1. The summed E-state index contributed by atoms with van der Waals surface area (Å²) in [4.78, 5) is 11.1. The number of carbonyl (C=O) groups excluding carboxylic acids is 1. The topological polar surface area (TPSA) is 52.3 Å². The van der Waals surface area contributed by atoms with E-state index < -0.39 is 5.97 Å². The third kappa shape index (κ3) is 4.13. The largest absolute Gasteiger partial charge is 0.463 e. The van der Waals surface area contributed by atoms with Crippen molar-refractivity contribution in [3.8, 4) is 0 Å². The van der Waals surface area contributed by atoms with Gasteiger partial charge in [-0.25, -0.2) is 9.18 Å². The molecule has 0 aromatic heterocycles. The van der Waals surface area contributed by atoms with Crippen LogP contribution in [0.5, 0.6) is 0 Å². The van der Waals surface area contributed by atoms with Crippen LogP contribution in [-0.2, 0) is 16.0 Å². The number of benzene rings is 1. The van der Waals surface area contributed by atoms with Crippen LogP contribution in [0.2, 0.25) is 0 Å². The molecular weight excluding hydrogens is 209 g/mol. The van der Waals surface area contributed by atoms with E-state index in [0.29, 0.717) is 18.7 Å². The van der Waals surface area contributed by atoms with E-state index in [1.165, 1.54) is 18.2 Å². The van der Waals surface area contributed by atoms with Crippen molar-refractivity contribution in [2.45, 2.75) is 13.3 Å². The highest BCUT2D eigenvalue weighted by Gasteiger charge is 2.00. The first-order chi connectivity index (χ1) is 7.61. The first-order valence-corrected chi connectivity index (χ1v) is 4.99. The van der Waals surface area contributed by atoms with E-state index in [1.54, 1.807) is 19.1 Å². The summed E-state index contributed by atoms with van der Waals surface area (Å²) in [5.74, 6) is -0.751. The standard InChI is InChI=1S/C12H14FNO2/c1-2-16-12(15)8-11(14)7-9-3-5-10(13)6-4-9/h3-6,8H,2,7,14H2,1H3/b11-8-. The summed E-state index contributed by atoms with van der Waals surface area (Å²) in [5.41, 5.74) is 6.88. The zero-order chi connectivity index (χ0) is 12.0. The normalized spacial score (nSPS) is 11.2. The van der Waals surface area contributed by atoms with Gasteiger partial charge < -0.3 is 10.5 Å². The molecule has 0 aliphatic carbocycles. The Balaban J connectivity index is 2.60. The van der Waals surface area contributed by atoms with Crippen molar-refractivity contribution in [3.05, 3.63) is 47.4 Å². The lowest BCUT2D eigenvalue weighted by molar-refractivity contribution is -0.137. The fourth-order valence-electron chi connectivity index (χ4n) is 1.22. The lowest BCUT2D eigenvalue weighted by atomic mass is 10.1. The minimum atomic E-state index is -0.456. The van der Waals surface area contributed by atoms with E-state index in [1.807, 2.05) is 0 Å². The van der Waals surface area contributed by atoms with Gasteiger partial charge in [0.25, 0.3) is 0 Å². The Bertz CT molecular complexity index is 385. The maximum absolute atomic E-state index is 12.6. The first-order valence-electron chi connectivity index (χ1n) is 4.99. The fraction of sp³-hybridized carbons (Fsp3) is 0.250. The van der Waals surface area contributed by atoms with Gasteiger partial charge in [-0.3, -0.25) is 0 Å². The van der Waals surface area contributed by atoms with Gasteiger partial charge in [0.15, 0.2) is 0 Å². The predicted octanol–water partition coefficient (Wildman–Crippen LogP) is 1.77. The molecule has 0 bridgehead atoms. The molecule has 0 saturated carbocycles. The fourth-order valence-corrected chi connectivity index (χ4v) is 1.22. The van der Waals surface area contributed by atoms with Crippen LogP contribution in [0.3, 0.4) is 0 Å². The monoisotopic (exact) mass is 223 g/mol. The number of esters is 1. The summed E-state index contributed by atoms with van der Waals surface area (Å²) in [5, 5.41) is 0. The molecule has 0 amide bonds. The zero-order valence-electron chi connectivity index (χ0n) is 9.07. The van der Waals surface area contributed by atoms with Gasteiger partial charge >= 0.3 is 5.97 Å². The summed E-state index contributed by atoms with van der Waals surface area (Å²) in [6, 6.07) is 5.96. The summed E-state index contributed by atoms with van der Waals surface area (Å²) in [6.45, 7) is 2.04. The third-order valence-electron chi connectivity index (χ3n) is 1.91. The summed E-state index contributed by atoms with van der Waals surface area (Å²) in [7, 11) is 0. The van der Waals surface area contributed by atoms with Crippen molar-refractivity contribution in [1.82, 2.24) is 0 Å². The van der Waals surface area contributed by atoms with Gasteiger partial charge in [0, 0.05) is 18.2 Å². The molecule has 0 spiro atoms. The lowest BCUT2D eigenvalue weighted by Gasteiger charge is -2.02. The van der Waals surface area contributed by atoms with E-state index >= 15 is 0 Å². The number of rotatable bonds is 4. The minimum absolute atomic E-state index is 0.295. The van der Waals surface area contributed by atoms with Crippen LogP contribution in [0, 0.1) is 5.82 Å². The molecule has 0 aliphatic heterocycles. The summed E-state index contributed by atoms with van der Waals surface area (Å²) < 4.78 is 17.3. The maximum atomic E-state index is 12.6. The molecule has 86 valence electrons. The SMILES string of the molecule is CCOC(=O)/C=C(\N)Cc1ccc(F)cc1. The second-order valence-corrected chi connectivity index (χ2v) is 3.27. The van der Waals surface area contributed by atoms with Crippen molar-refractivity contribution in [2.75, 3.05) is 6.61 Å². The Hall–Kier alpha value is -1.84. The van der Waals surface area contributed by atoms with Crippen LogP contribution in [0.1, 0.15) is 12.5 Å². The molecule has 4 heteroatoms. The zero-order valence-corrected chi connectivity index (χ0v) is 9.07. The molecule has 0 heterocycles. The maximum Gasteiger partial charge on any atom is 0.332 e. The van der Waals surface area contributed by atoms with Gasteiger partial charge in [0.05, 0.1) is 6.61 Å². The van der Waals surface area contributed by atoms with Crippen molar-refractivity contribution in [1.29, 1.82) is 0 Å². The Labute approximate surface area is 93.7 Å². The van der Waals surface area contributed by atoms with E-state index in [-0.39, 0.29) is 5.82 Å². The number of allylic oxidation sites excluding steroid dienone is 1. The lowest BCUT2D eigenvalue weighted by Crippen LogP contribution is -2.07. The molecular formula is C12H14FNO2. The first kappa shape index (κ1) is 12.2. The van der Waals surface area contributed by atoms with Gasteiger partial charge in [-0.05, 0) is 24.6 Å². The van der Waals surface area contributed by atoms with Crippen LogP contribution in [0.15, 0.2) is 36.0 Å². The Kier molecular flexibility index (Phi) is 4.51. The Morgan fingerprint density at radius 2 is 2.06 bits per heavy atom. The number of nitrogens with two attached hydrogens (primary N) is 1. The second kappa shape index (κ2) is 5.90. The molecule has 1 rings (SSSR count). The van der Waals surface area contributed by atoms with Gasteiger partial charge in [-0.15, -0.1) is 0 Å². The molecule has 1 aromatic rings. The van der Waals surface area contributed by atoms with E-state index in [0.717, 1.165) is 5.56 Å². The second-order valence-electron chi connectivity index (χ2n) is 3.27. The molecule has 0 radical (unpaired) electrons. The number of carbonyl (C=O) groups is 1. The van der Waals surface area contributed by atoms with Gasteiger partial charge in [0.1, 0.15) is 5.82 Å². The third-order valence-corrected chi connectivity index (χ3v) is 1.91. The van der Waals surface area contributed by atoms with E-state index in [4.69, 9.17) is 10.5 Å². The van der Waals surface area contributed by atoms with E-state index in [2.05, 4.69) is 0 Å². The number of hydrogen-bond acceptors (Lipinski definition) is 3. The van der Waals surface area contributed by atoms with Crippen LogP contribution in [0.4, 0.5) is 4.39 Å². The van der Waals surface area contributed by atoms with Gasteiger partial charge in [-0.1, -0.05) is 12.1 Å². The van der Waals surface area contributed by atoms with Crippen LogP contribution >= 0.6 is 0 Å². The summed E-state index contributed by atoms with van der Waals surface area (Å²) in [6.07, 6.45) is 1.64. The molecule has 0 saturated heterocycles. The highest BCUT2D eigenvalue weighted by atomic mass is 19.1. The molecule has 16 heavy (non-hydrogen) atoms. The van der Waals surface area contributed by atoms with Crippen molar-refractivity contribution < 1.29 is 13.9 Å². The van der Waals surface area contributed by atoms with Crippen LogP contribution in [-0.4, -0.2) is 12.6 Å². The van der Waals surface area contributed by atoms with Crippen LogP contribution in [0.25, 0.3) is 0 Å². The summed E-state index contributed by atoms with van der Waals surface area (Å²) >= 11 is 0. The van der Waals surface area contributed by atoms with Crippen molar-refractivity contribution in [2.24, 2.45) is 5.73 Å². The quantitative estimate of drug-likeness (QED) is 0.625. The Morgan fingerprint density at radius 3 is 2.62 bits per heavy atom. The van der Waals surface area contributed by atoms with Crippen molar-refractivity contribution in [3.63, 3.8) is 0 Å². The van der Waals surface area contributed by atoms with Crippen molar-refractivity contribution >= 4 is 5.97 Å². The Morgan fingerprint density at radius 1 is 1.44 bits per heavy atom. The molecule has 0 aliphatic rings. The molecule has 0 fully saturated rings. The number of hydrogen-bond donors (Lipinski definition) is 1. The minimum Gasteiger partial charge on any atom is -0.463 e. The molecule has 1 aromatic carbocycles. The van der Waals surface area contributed by atoms with Gasteiger partial charge in [-0.2, -0.15) is 0 Å². The molecule has 3 nitrogen and oxygen atoms in total. The molecule has 2 N–H and O–H groups in total.